The molecule has 1 atom stereocenters. The van der Waals surface area contributed by atoms with Crippen LogP contribution in [0.3, 0.4) is 0 Å². The zero-order chi connectivity index (χ0) is 11.9. The van der Waals surface area contributed by atoms with Crippen molar-refractivity contribution in [2.24, 2.45) is 0 Å². The fourth-order valence-electron chi connectivity index (χ4n) is 2.48. The molecule has 1 unspecified atom stereocenters. The van der Waals surface area contributed by atoms with E-state index < -0.39 is 5.60 Å². The van der Waals surface area contributed by atoms with E-state index in [-0.39, 0.29) is 5.60 Å². The van der Waals surface area contributed by atoms with Crippen LogP contribution in [0.5, 0.6) is 0 Å². The van der Waals surface area contributed by atoms with Gasteiger partial charge in [-0.2, -0.15) is 4.98 Å². The molecule has 1 saturated carbocycles. The molecule has 1 aromatic rings. The Labute approximate surface area is 99.3 Å². The van der Waals surface area contributed by atoms with Gasteiger partial charge in [0.05, 0.1) is 0 Å². The molecule has 6 nitrogen and oxygen atoms in total. The maximum atomic E-state index is 10.3. The number of ether oxygens (including phenoxy) is 1. The minimum absolute atomic E-state index is 0.306. The summed E-state index contributed by atoms with van der Waals surface area (Å²) in [5.74, 6) is 0.877. The first-order valence-electron chi connectivity index (χ1n) is 6.01. The quantitative estimate of drug-likeness (QED) is 0.788. The van der Waals surface area contributed by atoms with Crippen LogP contribution in [0.4, 0.5) is 0 Å². The van der Waals surface area contributed by atoms with Crippen molar-refractivity contribution in [1.82, 2.24) is 15.5 Å². The van der Waals surface area contributed by atoms with Crippen molar-refractivity contribution in [3.8, 4) is 0 Å². The molecular weight excluding hydrogens is 222 g/mol. The third-order valence-electron chi connectivity index (χ3n) is 3.92. The average Bonchev–Trinajstić information content (AvgIpc) is 2.87. The lowest BCUT2D eigenvalue weighted by atomic mass is 9.79. The molecule has 94 valence electrons. The van der Waals surface area contributed by atoms with Crippen molar-refractivity contribution in [2.75, 3.05) is 20.2 Å². The molecule has 3 rings (SSSR count). The highest BCUT2D eigenvalue weighted by Crippen LogP contribution is 2.43. The summed E-state index contributed by atoms with van der Waals surface area (Å²) in [6.07, 6.45) is 3.55. The fourth-order valence-corrected chi connectivity index (χ4v) is 2.48. The summed E-state index contributed by atoms with van der Waals surface area (Å²) in [7, 11) is 1.67. The number of methoxy groups -OCH3 is 1. The minimum atomic E-state index is -1.01. The fraction of sp³-hybridized carbons (Fsp3) is 0.818. The van der Waals surface area contributed by atoms with Gasteiger partial charge < -0.3 is 19.7 Å². The summed E-state index contributed by atoms with van der Waals surface area (Å²) in [5.41, 5.74) is -1.39. The van der Waals surface area contributed by atoms with Gasteiger partial charge in [0.25, 0.3) is 5.89 Å². The van der Waals surface area contributed by atoms with Crippen LogP contribution in [0.1, 0.15) is 37.4 Å². The van der Waals surface area contributed by atoms with Gasteiger partial charge in [0.2, 0.25) is 5.82 Å². The molecule has 2 N–H and O–H groups in total. The first-order chi connectivity index (χ1) is 8.19. The molecular formula is C11H17N3O3. The summed E-state index contributed by atoms with van der Waals surface area (Å²) in [4.78, 5) is 4.34. The van der Waals surface area contributed by atoms with Crippen molar-refractivity contribution < 1.29 is 14.4 Å². The number of nitrogens with one attached hydrogen (secondary N) is 1. The minimum Gasteiger partial charge on any atom is -0.379 e. The number of β-amino-alcohol motifs (C(OH)–C–C–N with tert-alkyl or cyclic N) is 1. The van der Waals surface area contributed by atoms with Gasteiger partial charge in [-0.15, -0.1) is 0 Å². The molecule has 17 heavy (non-hydrogen) atoms. The SMILES string of the molecule is COC1(c2noc(C3(O)CCNC3)n2)CCC1. The summed E-state index contributed by atoms with van der Waals surface area (Å²) < 4.78 is 10.7. The Morgan fingerprint density at radius 1 is 1.41 bits per heavy atom. The Hall–Kier alpha value is -0.980. The van der Waals surface area contributed by atoms with Crippen molar-refractivity contribution in [3.63, 3.8) is 0 Å². The van der Waals surface area contributed by atoms with E-state index in [1.807, 2.05) is 0 Å². The maximum Gasteiger partial charge on any atom is 0.260 e. The van der Waals surface area contributed by atoms with Crippen molar-refractivity contribution in [2.45, 2.75) is 36.9 Å². The topological polar surface area (TPSA) is 80.4 Å². The van der Waals surface area contributed by atoms with Crippen molar-refractivity contribution >= 4 is 0 Å². The highest BCUT2D eigenvalue weighted by Gasteiger charge is 2.46. The van der Waals surface area contributed by atoms with Crippen LogP contribution in [0.25, 0.3) is 0 Å². The highest BCUT2D eigenvalue weighted by molar-refractivity contribution is 5.10. The average molecular weight is 239 g/mol. The number of hydrogen-bond donors (Lipinski definition) is 2. The third-order valence-corrected chi connectivity index (χ3v) is 3.92. The van der Waals surface area contributed by atoms with E-state index in [0.717, 1.165) is 25.8 Å². The molecule has 0 bridgehead atoms. The zero-order valence-electron chi connectivity index (χ0n) is 9.90. The largest absolute Gasteiger partial charge is 0.379 e. The lowest BCUT2D eigenvalue weighted by Gasteiger charge is -2.37. The van der Waals surface area contributed by atoms with Crippen LogP contribution in [-0.2, 0) is 15.9 Å². The monoisotopic (exact) mass is 239 g/mol. The van der Waals surface area contributed by atoms with Crippen LogP contribution in [0, 0.1) is 0 Å². The van der Waals surface area contributed by atoms with Crippen LogP contribution < -0.4 is 5.32 Å². The second-order valence-electron chi connectivity index (χ2n) is 4.93. The first-order valence-corrected chi connectivity index (χ1v) is 6.01. The van der Waals surface area contributed by atoms with E-state index in [1.165, 1.54) is 0 Å². The van der Waals surface area contributed by atoms with Gasteiger partial charge in [-0.3, -0.25) is 0 Å². The second kappa shape index (κ2) is 3.76. The van der Waals surface area contributed by atoms with Crippen molar-refractivity contribution in [3.05, 3.63) is 11.7 Å². The second-order valence-corrected chi connectivity index (χ2v) is 4.93. The van der Waals surface area contributed by atoms with Gasteiger partial charge >= 0.3 is 0 Å². The molecule has 0 amide bonds. The van der Waals surface area contributed by atoms with Gasteiger partial charge in [0.15, 0.2) is 5.60 Å². The lowest BCUT2D eigenvalue weighted by Crippen LogP contribution is -2.37. The Morgan fingerprint density at radius 3 is 2.76 bits per heavy atom. The van der Waals surface area contributed by atoms with E-state index in [9.17, 15) is 5.11 Å². The summed E-state index contributed by atoms with van der Waals surface area (Å²) in [6.45, 7) is 1.23. The predicted octanol–water partition coefficient (Wildman–Crippen LogP) is 0.276. The van der Waals surface area contributed by atoms with E-state index in [0.29, 0.717) is 24.7 Å². The number of hydrogen-bond acceptors (Lipinski definition) is 6. The van der Waals surface area contributed by atoms with E-state index in [1.54, 1.807) is 7.11 Å². The van der Waals surface area contributed by atoms with Gasteiger partial charge in [-0.25, -0.2) is 0 Å². The Kier molecular flexibility index (Phi) is 2.46. The molecule has 1 aromatic heterocycles. The first kappa shape index (κ1) is 11.1. The molecule has 0 aromatic carbocycles. The molecule has 1 aliphatic carbocycles. The molecule has 2 aliphatic rings. The molecule has 6 heteroatoms. The normalized spacial score (nSPS) is 31.4. The Bertz CT molecular complexity index is 386. The van der Waals surface area contributed by atoms with Crippen LogP contribution in [-0.4, -0.2) is 35.4 Å². The smallest absolute Gasteiger partial charge is 0.260 e. The molecule has 0 spiro atoms. The van der Waals surface area contributed by atoms with Crippen LogP contribution in [0.2, 0.25) is 0 Å². The Morgan fingerprint density at radius 2 is 2.24 bits per heavy atom. The van der Waals surface area contributed by atoms with Gasteiger partial charge in [0, 0.05) is 13.7 Å². The number of nitrogens with zero attached hydrogens (tertiary/aromatic N) is 2. The summed E-state index contributed by atoms with van der Waals surface area (Å²) in [5, 5.41) is 17.4. The predicted molar refractivity (Wildman–Crippen MR) is 58.2 cm³/mol. The van der Waals surface area contributed by atoms with Gasteiger partial charge in [-0.05, 0) is 32.2 Å². The maximum absolute atomic E-state index is 10.3. The standard InChI is InChI=1S/C11H17N3O3/c1-16-11(3-2-4-11)8-13-9(17-14-8)10(15)5-6-12-7-10/h12,15H,2-7H2,1H3. The molecule has 2 fully saturated rings. The van der Waals surface area contributed by atoms with E-state index in [4.69, 9.17) is 9.26 Å². The Balaban J connectivity index is 1.87. The third kappa shape index (κ3) is 1.59. The molecule has 0 radical (unpaired) electrons. The molecule has 1 saturated heterocycles. The van der Waals surface area contributed by atoms with Crippen molar-refractivity contribution in [1.29, 1.82) is 0 Å². The lowest BCUT2D eigenvalue weighted by molar-refractivity contribution is -0.0858. The number of aromatic nitrogens is 2. The van der Waals surface area contributed by atoms with E-state index >= 15 is 0 Å². The zero-order valence-corrected chi connectivity index (χ0v) is 9.90. The van der Waals surface area contributed by atoms with Gasteiger partial charge in [0.1, 0.15) is 5.60 Å². The van der Waals surface area contributed by atoms with Crippen LogP contribution >= 0.6 is 0 Å². The number of rotatable bonds is 3. The van der Waals surface area contributed by atoms with E-state index in [2.05, 4.69) is 15.5 Å². The molecule has 1 aliphatic heterocycles. The molecule has 2 heterocycles. The summed E-state index contributed by atoms with van der Waals surface area (Å²) >= 11 is 0. The summed E-state index contributed by atoms with van der Waals surface area (Å²) in [6, 6.07) is 0. The van der Waals surface area contributed by atoms with Gasteiger partial charge in [-0.1, -0.05) is 5.16 Å². The van der Waals surface area contributed by atoms with Crippen LogP contribution in [0.15, 0.2) is 4.52 Å². The highest BCUT2D eigenvalue weighted by atomic mass is 16.5. The number of aliphatic hydroxyl groups is 1.